The summed E-state index contributed by atoms with van der Waals surface area (Å²) in [5.74, 6) is 1.80. The van der Waals surface area contributed by atoms with Crippen LogP contribution in [0.2, 0.25) is 0 Å². The molecule has 0 saturated carbocycles. The number of aryl methyl sites for hydroxylation is 1. The fourth-order valence-electron chi connectivity index (χ4n) is 4.37. The molecule has 2 aromatic carbocycles. The van der Waals surface area contributed by atoms with Gasteiger partial charge in [0.05, 0.1) is 24.6 Å². The molecule has 1 amide bonds. The van der Waals surface area contributed by atoms with E-state index < -0.39 is 0 Å². The Labute approximate surface area is 200 Å². The molecular weight excluding hydrogens is 450 g/mol. The lowest BCUT2D eigenvalue weighted by molar-refractivity contribution is 0.0298. The summed E-state index contributed by atoms with van der Waals surface area (Å²) in [4.78, 5) is 21.0. The molecule has 172 valence electrons. The summed E-state index contributed by atoms with van der Waals surface area (Å²) in [5.41, 5.74) is 5.21. The van der Waals surface area contributed by atoms with Gasteiger partial charge in [0.1, 0.15) is 0 Å². The fourth-order valence-corrected chi connectivity index (χ4v) is 5.44. The first-order valence-electron chi connectivity index (χ1n) is 11.4. The predicted octanol–water partition coefficient (Wildman–Crippen LogP) is 4.23. The Morgan fingerprint density at radius 3 is 2.79 bits per heavy atom. The number of rotatable bonds is 4. The summed E-state index contributed by atoms with van der Waals surface area (Å²) in [6.45, 7) is 4.25. The second-order valence-electron chi connectivity index (χ2n) is 8.19. The van der Waals surface area contributed by atoms with Gasteiger partial charge in [0.15, 0.2) is 5.69 Å². The maximum atomic E-state index is 13.5. The Balaban J connectivity index is 1.49. The molecule has 0 aliphatic carbocycles. The molecule has 34 heavy (non-hydrogen) atoms. The number of nitrogens with zero attached hydrogens (tertiary/aromatic N) is 5. The van der Waals surface area contributed by atoms with Gasteiger partial charge in [0.25, 0.3) is 5.91 Å². The first-order chi connectivity index (χ1) is 16.7. The van der Waals surface area contributed by atoms with Gasteiger partial charge in [0, 0.05) is 46.8 Å². The van der Waals surface area contributed by atoms with E-state index in [1.807, 2.05) is 52.9 Å². The summed E-state index contributed by atoms with van der Waals surface area (Å²) in [7, 11) is 0. The number of thioether (sulfide) groups is 1. The number of ether oxygens (including phenoxy) is 1. The standard InChI is InChI=1S/C25H23N5O3S/c1-2-21-26-24(28-33-21)16-6-5-7-17(14-16)30-23-18-8-3-4-9-20(18)34-15-19(23)22(27-30)25(31)29-10-12-32-13-11-29/h3-9,14H,2,10-13,15H2,1H3. The van der Waals surface area contributed by atoms with Gasteiger partial charge < -0.3 is 14.2 Å². The predicted molar refractivity (Wildman–Crippen MR) is 128 cm³/mol. The number of morpholine rings is 1. The Morgan fingerprint density at radius 1 is 1.12 bits per heavy atom. The first kappa shape index (κ1) is 21.1. The van der Waals surface area contributed by atoms with E-state index in [-0.39, 0.29) is 5.91 Å². The lowest BCUT2D eigenvalue weighted by atomic mass is 10.0. The molecule has 0 radical (unpaired) electrons. The van der Waals surface area contributed by atoms with Crippen molar-refractivity contribution >= 4 is 17.7 Å². The summed E-state index contributed by atoms with van der Waals surface area (Å²) in [6.07, 6.45) is 0.681. The molecule has 9 heteroatoms. The molecule has 2 aliphatic rings. The van der Waals surface area contributed by atoms with Gasteiger partial charge in [-0.2, -0.15) is 10.1 Å². The largest absolute Gasteiger partial charge is 0.378 e. The van der Waals surface area contributed by atoms with Gasteiger partial charge in [-0.1, -0.05) is 42.4 Å². The highest BCUT2D eigenvalue weighted by atomic mass is 32.2. The molecule has 6 rings (SSSR count). The molecule has 1 fully saturated rings. The zero-order chi connectivity index (χ0) is 23.1. The van der Waals surface area contributed by atoms with Gasteiger partial charge in [-0.05, 0) is 18.2 Å². The third-order valence-corrected chi connectivity index (χ3v) is 7.22. The molecule has 2 aromatic heterocycles. The smallest absolute Gasteiger partial charge is 0.274 e. The minimum atomic E-state index is -0.0415. The van der Waals surface area contributed by atoms with Crippen molar-refractivity contribution in [2.24, 2.45) is 0 Å². The number of aromatic nitrogens is 4. The topological polar surface area (TPSA) is 86.3 Å². The van der Waals surface area contributed by atoms with Crippen molar-refractivity contribution in [2.75, 3.05) is 26.3 Å². The molecule has 0 N–H and O–H groups in total. The van der Waals surface area contributed by atoms with Gasteiger partial charge >= 0.3 is 0 Å². The van der Waals surface area contributed by atoms with Gasteiger partial charge in [-0.3, -0.25) is 4.79 Å². The van der Waals surface area contributed by atoms with Gasteiger partial charge in [0.2, 0.25) is 11.7 Å². The summed E-state index contributed by atoms with van der Waals surface area (Å²) in [5, 5.41) is 9.02. The molecule has 0 bridgehead atoms. The van der Waals surface area contributed by atoms with Crippen LogP contribution in [-0.4, -0.2) is 57.0 Å². The summed E-state index contributed by atoms with van der Waals surface area (Å²) >= 11 is 1.74. The van der Waals surface area contributed by atoms with Crippen LogP contribution in [0.5, 0.6) is 0 Å². The molecule has 2 aliphatic heterocycles. The molecule has 4 heterocycles. The number of benzene rings is 2. The molecule has 0 spiro atoms. The van der Waals surface area contributed by atoms with Crippen molar-refractivity contribution in [3.05, 3.63) is 65.7 Å². The number of hydrogen-bond donors (Lipinski definition) is 0. The van der Waals surface area contributed by atoms with Crippen LogP contribution in [0.15, 0.2) is 57.9 Å². The molecule has 0 atom stereocenters. The highest BCUT2D eigenvalue weighted by Gasteiger charge is 2.32. The quantitative estimate of drug-likeness (QED) is 0.438. The normalized spacial score (nSPS) is 15.1. The number of amides is 1. The third kappa shape index (κ3) is 3.61. The van der Waals surface area contributed by atoms with Crippen molar-refractivity contribution in [1.29, 1.82) is 0 Å². The van der Waals surface area contributed by atoms with Crippen molar-refractivity contribution < 1.29 is 14.1 Å². The maximum Gasteiger partial charge on any atom is 0.274 e. The van der Waals surface area contributed by atoms with Crippen molar-refractivity contribution in [2.45, 2.75) is 24.0 Å². The minimum absolute atomic E-state index is 0.0415. The fraction of sp³-hybridized carbons (Fsp3) is 0.280. The zero-order valence-corrected chi connectivity index (χ0v) is 19.5. The van der Waals surface area contributed by atoms with E-state index in [2.05, 4.69) is 22.3 Å². The number of hydrogen-bond acceptors (Lipinski definition) is 7. The minimum Gasteiger partial charge on any atom is -0.378 e. The Morgan fingerprint density at radius 2 is 1.97 bits per heavy atom. The van der Waals surface area contributed by atoms with Crippen LogP contribution >= 0.6 is 11.8 Å². The maximum absolute atomic E-state index is 13.5. The Hall–Kier alpha value is -3.43. The molecule has 4 aromatic rings. The second kappa shape index (κ2) is 8.73. The van der Waals surface area contributed by atoms with E-state index >= 15 is 0 Å². The third-order valence-electron chi connectivity index (χ3n) is 6.12. The van der Waals surface area contributed by atoms with Gasteiger partial charge in [-0.15, -0.1) is 11.8 Å². The van der Waals surface area contributed by atoms with Gasteiger partial charge in [-0.25, -0.2) is 4.68 Å². The van der Waals surface area contributed by atoms with Crippen molar-refractivity contribution in [1.82, 2.24) is 24.8 Å². The van der Waals surface area contributed by atoms with Crippen molar-refractivity contribution in [3.8, 4) is 28.3 Å². The average molecular weight is 474 g/mol. The monoisotopic (exact) mass is 473 g/mol. The molecule has 0 unspecified atom stereocenters. The number of carbonyl (C=O) groups excluding carboxylic acids is 1. The highest BCUT2D eigenvalue weighted by Crippen LogP contribution is 2.44. The van der Waals surface area contributed by atoms with Crippen LogP contribution in [0.3, 0.4) is 0 Å². The first-order valence-corrected chi connectivity index (χ1v) is 12.4. The van der Waals surface area contributed by atoms with Crippen LogP contribution in [0.25, 0.3) is 28.3 Å². The van der Waals surface area contributed by atoms with Crippen molar-refractivity contribution in [3.63, 3.8) is 0 Å². The highest BCUT2D eigenvalue weighted by molar-refractivity contribution is 7.98. The number of carbonyl (C=O) groups is 1. The van der Waals surface area contributed by atoms with Crippen LogP contribution in [0, 0.1) is 0 Å². The van der Waals surface area contributed by atoms with Crippen LogP contribution in [0.1, 0.15) is 28.9 Å². The lowest BCUT2D eigenvalue weighted by Gasteiger charge is -2.26. The van der Waals surface area contributed by atoms with E-state index in [0.29, 0.717) is 55.9 Å². The van der Waals surface area contributed by atoms with Crippen LogP contribution < -0.4 is 0 Å². The van der Waals surface area contributed by atoms with E-state index in [4.69, 9.17) is 14.4 Å². The lowest BCUT2D eigenvalue weighted by Crippen LogP contribution is -2.41. The van der Waals surface area contributed by atoms with E-state index in [9.17, 15) is 4.79 Å². The second-order valence-corrected chi connectivity index (χ2v) is 9.21. The van der Waals surface area contributed by atoms with E-state index in [1.165, 1.54) is 4.90 Å². The van der Waals surface area contributed by atoms with E-state index in [0.717, 1.165) is 28.1 Å². The zero-order valence-electron chi connectivity index (χ0n) is 18.7. The number of fused-ring (bicyclic) bond motifs is 3. The molecule has 1 saturated heterocycles. The summed E-state index contributed by atoms with van der Waals surface area (Å²) in [6, 6.07) is 16.2. The molecular formula is C25H23N5O3S. The van der Waals surface area contributed by atoms with Crippen LogP contribution in [0.4, 0.5) is 0 Å². The SMILES string of the molecule is CCc1nc(-c2cccc(-n3nc(C(=O)N4CCOCC4)c4c3-c3ccccc3SC4)c2)no1. The van der Waals surface area contributed by atoms with Crippen LogP contribution in [-0.2, 0) is 16.9 Å². The molecule has 8 nitrogen and oxygen atoms in total. The Kier molecular flexibility index (Phi) is 5.43. The average Bonchev–Trinajstić information content (AvgIpc) is 3.54. The Bertz CT molecular complexity index is 1370. The summed E-state index contributed by atoms with van der Waals surface area (Å²) < 4.78 is 12.6. The van der Waals surface area contributed by atoms with E-state index in [1.54, 1.807) is 11.8 Å².